The largest absolute Gasteiger partial charge is 0.447 e. The first-order valence-corrected chi connectivity index (χ1v) is 11.9. The maximum absolute atomic E-state index is 13.6. The molecule has 32 heavy (non-hydrogen) atoms. The molecule has 2 N–H and O–H groups in total. The van der Waals surface area contributed by atoms with Crippen LogP contribution in [-0.4, -0.2) is 64.5 Å². The van der Waals surface area contributed by atoms with Gasteiger partial charge >= 0.3 is 6.09 Å². The molecular weight excluding hydrogens is 456 g/mol. The van der Waals surface area contributed by atoms with Crippen LogP contribution in [0.5, 0.6) is 0 Å². The molecule has 1 aliphatic heterocycles. The molecule has 0 spiro atoms. The van der Waals surface area contributed by atoms with E-state index in [0.29, 0.717) is 23.6 Å². The van der Waals surface area contributed by atoms with Crippen LogP contribution in [0.2, 0.25) is 5.02 Å². The second kappa shape index (κ2) is 10.5. The van der Waals surface area contributed by atoms with E-state index < -0.39 is 22.2 Å². The van der Waals surface area contributed by atoms with Crippen molar-refractivity contribution in [3.63, 3.8) is 0 Å². The van der Waals surface area contributed by atoms with Gasteiger partial charge in [0.2, 0.25) is 0 Å². The number of nitrogens with zero attached hydrogens (tertiary/aromatic N) is 3. The number of rotatable bonds is 8. The van der Waals surface area contributed by atoms with E-state index in [9.17, 15) is 13.2 Å². The number of carbonyl (C=O) groups excluding carboxylic acids is 1. The number of benzene rings is 2. The SMILES string of the molecule is CON(N)CCN(C)C(=O)OCC1CCc2ccccc2N1S(=O)(=O)c1ccc(Cl)cc1. The Bertz CT molecular complexity index is 1030. The summed E-state index contributed by atoms with van der Waals surface area (Å²) in [5.74, 6) is 5.54. The van der Waals surface area contributed by atoms with Crippen molar-refractivity contribution in [2.75, 3.05) is 38.2 Å². The zero-order valence-corrected chi connectivity index (χ0v) is 19.6. The fourth-order valence-corrected chi connectivity index (χ4v) is 5.31. The summed E-state index contributed by atoms with van der Waals surface area (Å²) in [6.45, 7) is 0.486. The van der Waals surface area contributed by atoms with Crippen LogP contribution in [-0.2, 0) is 26.0 Å². The van der Waals surface area contributed by atoms with Crippen molar-refractivity contribution in [3.8, 4) is 0 Å². The second-order valence-electron chi connectivity index (χ2n) is 7.40. The van der Waals surface area contributed by atoms with Crippen molar-refractivity contribution in [1.29, 1.82) is 0 Å². The van der Waals surface area contributed by atoms with Gasteiger partial charge in [-0.05, 0) is 48.7 Å². The molecule has 174 valence electrons. The summed E-state index contributed by atoms with van der Waals surface area (Å²) in [4.78, 5) is 18.7. The molecule has 0 saturated carbocycles. The number of halogens is 1. The number of para-hydroxylation sites is 1. The van der Waals surface area contributed by atoms with Gasteiger partial charge in [-0.15, -0.1) is 5.17 Å². The van der Waals surface area contributed by atoms with Gasteiger partial charge < -0.3 is 9.64 Å². The molecule has 1 unspecified atom stereocenters. The molecule has 1 atom stereocenters. The van der Waals surface area contributed by atoms with Gasteiger partial charge in [0.15, 0.2) is 0 Å². The Morgan fingerprint density at radius 1 is 1.19 bits per heavy atom. The van der Waals surface area contributed by atoms with Crippen LogP contribution in [0.1, 0.15) is 12.0 Å². The monoisotopic (exact) mass is 482 g/mol. The van der Waals surface area contributed by atoms with Gasteiger partial charge in [0, 0.05) is 18.6 Å². The third-order valence-electron chi connectivity index (χ3n) is 5.28. The maximum atomic E-state index is 13.6. The van der Waals surface area contributed by atoms with Gasteiger partial charge in [0.25, 0.3) is 10.0 Å². The Balaban J connectivity index is 1.80. The van der Waals surface area contributed by atoms with Crippen LogP contribution in [0.3, 0.4) is 0 Å². The smallest absolute Gasteiger partial charge is 0.409 e. The molecule has 1 aliphatic rings. The Kier molecular flexibility index (Phi) is 7.96. The molecular formula is C21H27ClN4O5S. The lowest BCUT2D eigenvalue weighted by atomic mass is 9.98. The van der Waals surface area contributed by atoms with Gasteiger partial charge in [-0.25, -0.2) is 19.1 Å². The molecule has 1 heterocycles. The van der Waals surface area contributed by atoms with Crippen LogP contribution in [0.25, 0.3) is 0 Å². The van der Waals surface area contributed by atoms with Crippen molar-refractivity contribution < 1.29 is 22.8 Å². The number of likely N-dealkylation sites (N-methyl/N-ethyl adjacent to an activating group) is 1. The first kappa shape index (κ1) is 24.3. The molecule has 11 heteroatoms. The van der Waals surface area contributed by atoms with Crippen LogP contribution in [0.15, 0.2) is 53.4 Å². The van der Waals surface area contributed by atoms with Crippen LogP contribution >= 0.6 is 11.6 Å². The molecule has 9 nitrogen and oxygen atoms in total. The van der Waals surface area contributed by atoms with Crippen molar-refractivity contribution in [2.24, 2.45) is 5.84 Å². The predicted molar refractivity (Wildman–Crippen MR) is 122 cm³/mol. The third kappa shape index (κ3) is 5.51. The standard InChI is InChI=1S/C21H27ClN4O5S/c1-24(13-14-25(23)30-2)21(27)31-15-18-10-7-16-5-3-4-6-20(16)26(18)32(28,29)19-11-8-17(22)9-12-19/h3-6,8-9,11-12,18H,7,10,13-15,23H2,1-2H3. The normalized spacial score (nSPS) is 16.0. The highest BCUT2D eigenvalue weighted by Gasteiger charge is 2.36. The van der Waals surface area contributed by atoms with Gasteiger partial charge in [0.05, 0.1) is 30.3 Å². The number of amides is 1. The summed E-state index contributed by atoms with van der Waals surface area (Å²) in [6, 6.07) is 12.8. The topological polar surface area (TPSA) is 105 Å². The van der Waals surface area contributed by atoms with Crippen molar-refractivity contribution in [3.05, 3.63) is 59.1 Å². The summed E-state index contributed by atoms with van der Waals surface area (Å²) in [5, 5.41) is 1.54. The highest BCUT2D eigenvalue weighted by atomic mass is 35.5. The number of sulfonamides is 1. The third-order valence-corrected chi connectivity index (χ3v) is 7.41. The van der Waals surface area contributed by atoms with Gasteiger partial charge in [-0.1, -0.05) is 29.8 Å². The van der Waals surface area contributed by atoms with E-state index in [4.69, 9.17) is 27.0 Å². The minimum Gasteiger partial charge on any atom is -0.447 e. The van der Waals surface area contributed by atoms with Crippen LogP contribution in [0.4, 0.5) is 10.5 Å². The van der Waals surface area contributed by atoms with Crippen molar-refractivity contribution >= 4 is 33.4 Å². The summed E-state index contributed by atoms with van der Waals surface area (Å²) in [5.41, 5.74) is 1.51. The molecule has 0 radical (unpaired) electrons. The summed E-state index contributed by atoms with van der Waals surface area (Å²) >= 11 is 5.94. The number of carbonyl (C=O) groups is 1. The number of hydroxylamine groups is 1. The fourth-order valence-electron chi connectivity index (χ4n) is 3.48. The van der Waals surface area contributed by atoms with E-state index in [1.807, 2.05) is 12.1 Å². The predicted octanol–water partition coefficient (Wildman–Crippen LogP) is 2.66. The minimum absolute atomic E-state index is 0.0824. The Hall–Kier alpha value is -2.37. The van der Waals surface area contributed by atoms with Gasteiger partial charge in [-0.3, -0.25) is 9.14 Å². The van der Waals surface area contributed by atoms with Gasteiger partial charge in [-0.2, -0.15) is 0 Å². The fraction of sp³-hybridized carbons (Fsp3) is 0.381. The molecule has 1 amide bonds. The lowest BCUT2D eigenvalue weighted by Crippen LogP contribution is -2.47. The Morgan fingerprint density at radius 2 is 1.88 bits per heavy atom. The first-order valence-electron chi connectivity index (χ1n) is 10.1. The van der Waals surface area contributed by atoms with E-state index in [1.54, 1.807) is 19.2 Å². The van der Waals surface area contributed by atoms with E-state index in [2.05, 4.69) is 0 Å². The first-order chi connectivity index (χ1) is 15.2. The molecule has 0 bridgehead atoms. The highest BCUT2D eigenvalue weighted by molar-refractivity contribution is 7.92. The van der Waals surface area contributed by atoms with Crippen molar-refractivity contribution in [2.45, 2.75) is 23.8 Å². The molecule has 2 aromatic rings. The summed E-state index contributed by atoms with van der Waals surface area (Å²) in [6.07, 6.45) is 0.620. The Morgan fingerprint density at radius 3 is 2.56 bits per heavy atom. The number of hydrogen-bond acceptors (Lipinski definition) is 7. The number of ether oxygens (including phenoxy) is 1. The van der Waals surface area contributed by atoms with Gasteiger partial charge in [0.1, 0.15) is 6.61 Å². The lowest BCUT2D eigenvalue weighted by Gasteiger charge is -2.37. The highest BCUT2D eigenvalue weighted by Crippen LogP contribution is 2.35. The average molecular weight is 483 g/mol. The molecule has 2 aromatic carbocycles. The molecule has 3 rings (SSSR count). The maximum Gasteiger partial charge on any atom is 0.409 e. The van der Waals surface area contributed by atoms with Crippen molar-refractivity contribution in [1.82, 2.24) is 10.1 Å². The summed E-state index contributed by atoms with van der Waals surface area (Å²) in [7, 11) is -0.905. The van der Waals surface area contributed by atoms with E-state index in [-0.39, 0.29) is 24.6 Å². The van der Waals surface area contributed by atoms with E-state index in [1.165, 1.54) is 40.6 Å². The summed E-state index contributed by atoms with van der Waals surface area (Å²) < 4.78 is 33.9. The number of hydrazine groups is 1. The molecule has 0 aliphatic carbocycles. The average Bonchev–Trinajstić information content (AvgIpc) is 2.80. The van der Waals surface area contributed by atoms with Crippen LogP contribution < -0.4 is 10.1 Å². The minimum atomic E-state index is -3.90. The number of anilines is 1. The quantitative estimate of drug-likeness (QED) is 0.455. The molecule has 0 fully saturated rings. The molecule has 0 saturated heterocycles. The number of fused-ring (bicyclic) bond motifs is 1. The zero-order chi connectivity index (χ0) is 23.3. The lowest BCUT2D eigenvalue weighted by molar-refractivity contribution is -0.135. The van der Waals surface area contributed by atoms with Crippen LogP contribution in [0, 0.1) is 0 Å². The van der Waals surface area contributed by atoms with E-state index in [0.717, 1.165) is 10.7 Å². The zero-order valence-electron chi connectivity index (χ0n) is 18.0. The number of aryl methyl sites for hydroxylation is 1. The number of nitrogens with two attached hydrogens (primary N) is 1. The second-order valence-corrected chi connectivity index (χ2v) is 9.65. The van der Waals surface area contributed by atoms with E-state index >= 15 is 0 Å². The molecule has 0 aromatic heterocycles. The number of hydrogen-bond donors (Lipinski definition) is 1. The Labute approximate surface area is 193 Å².